The lowest BCUT2D eigenvalue weighted by atomic mass is 10.1. The van der Waals surface area contributed by atoms with E-state index in [-0.39, 0.29) is 5.75 Å². The smallest absolute Gasteiger partial charge is 0.250 e. The summed E-state index contributed by atoms with van der Waals surface area (Å²) in [6.45, 7) is 3.85. The number of hydrogen-bond acceptors (Lipinski definition) is 9. The minimum atomic E-state index is 0.125. The summed E-state index contributed by atoms with van der Waals surface area (Å²) >= 11 is 0. The largest absolute Gasteiger partial charge is 0.507 e. The zero-order valence-corrected chi connectivity index (χ0v) is 17.4. The molecule has 0 aliphatic carbocycles. The first-order chi connectivity index (χ1) is 14.7. The molecule has 1 aromatic carbocycles. The average molecular weight is 412 g/mol. The molecule has 0 atom stereocenters. The summed E-state index contributed by atoms with van der Waals surface area (Å²) in [6.07, 6.45) is 8.64. The molecule has 0 spiro atoms. The average Bonchev–Trinajstić information content (AvgIpc) is 2.81. The number of phenols is 1. The van der Waals surface area contributed by atoms with Crippen LogP contribution in [0.2, 0.25) is 0 Å². The number of phenolic OH excluding ortho intramolecular Hbond substituents is 1. The quantitative estimate of drug-likeness (QED) is 0.553. The van der Waals surface area contributed by atoms with Gasteiger partial charge >= 0.3 is 0 Å². The molecule has 2 aliphatic heterocycles. The molecule has 2 aromatic rings. The van der Waals surface area contributed by atoms with Crippen molar-refractivity contribution >= 4 is 24.1 Å². The van der Waals surface area contributed by atoms with Gasteiger partial charge in [-0.3, -0.25) is 0 Å². The lowest BCUT2D eigenvalue weighted by molar-refractivity contribution is 0.412. The second kappa shape index (κ2) is 9.60. The third kappa shape index (κ3) is 4.90. The van der Waals surface area contributed by atoms with Crippen LogP contribution < -0.4 is 20.0 Å². The lowest BCUT2D eigenvalue weighted by Gasteiger charge is -2.30. The Kier molecular flexibility index (Phi) is 6.46. The predicted octanol–water partition coefficient (Wildman–Crippen LogP) is 3.01. The van der Waals surface area contributed by atoms with Gasteiger partial charge in [-0.25, -0.2) is 5.43 Å². The molecule has 2 fully saturated rings. The number of piperidine rings is 2. The van der Waals surface area contributed by atoms with Crippen LogP contribution in [0.5, 0.6) is 11.5 Å². The van der Waals surface area contributed by atoms with Gasteiger partial charge in [-0.2, -0.15) is 20.1 Å². The van der Waals surface area contributed by atoms with Gasteiger partial charge in [0.15, 0.2) is 0 Å². The van der Waals surface area contributed by atoms with E-state index in [2.05, 4.69) is 30.3 Å². The molecule has 9 nitrogen and oxygen atoms in total. The maximum Gasteiger partial charge on any atom is 0.250 e. The van der Waals surface area contributed by atoms with E-state index in [1.807, 2.05) is 0 Å². The van der Waals surface area contributed by atoms with E-state index in [0.717, 1.165) is 51.9 Å². The van der Waals surface area contributed by atoms with Crippen LogP contribution in [0.1, 0.15) is 44.1 Å². The van der Waals surface area contributed by atoms with Gasteiger partial charge in [0.05, 0.1) is 13.3 Å². The number of benzene rings is 1. The first kappa shape index (κ1) is 20.2. The summed E-state index contributed by atoms with van der Waals surface area (Å²) in [7, 11) is 1.58. The summed E-state index contributed by atoms with van der Waals surface area (Å²) in [5, 5.41) is 14.3. The third-order valence-electron chi connectivity index (χ3n) is 5.49. The Morgan fingerprint density at radius 2 is 1.53 bits per heavy atom. The zero-order valence-electron chi connectivity index (χ0n) is 17.4. The fourth-order valence-corrected chi connectivity index (χ4v) is 3.80. The van der Waals surface area contributed by atoms with Crippen LogP contribution in [-0.4, -0.2) is 59.6 Å². The lowest BCUT2D eigenvalue weighted by Crippen LogP contribution is -2.34. The van der Waals surface area contributed by atoms with E-state index in [0.29, 0.717) is 29.2 Å². The Bertz CT molecular complexity index is 841. The van der Waals surface area contributed by atoms with Gasteiger partial charge in [0, 0.05) is 31.7 Å². The second-order valence-corrected chi connectivity index (χ2v) is 7.65. The number of anilines is 3. The van der Waals surface area contributed by atoms with Crippen molar-refractivity contribution in [3.05, 3.63) is 23.8 Å². The Morgan fingerprint density at radius 3 is 2.10 bits per heavy atom. The number of methoxy groups -OCH3 is 1. The minimum Gasteiger partial charge on any atom is -0.507 e. The van der Waals surface area contributed by atoms with Gasteiger partial charge in [-0.1, -0.05) is 0 Å². The number of ether oxygens (including phenoxy) is 1. The summed E-state index contributed by atoms with van der Waals surface area (Å²) in [6, 6.07) is 4.99. The first-order valence-corrected chi connectivity index (χ1v) is 10.6. The Morgan fingerprint density at radius 1 is 0.933 bits per heavy atom. The standard InChI is InChI=1S/C21H29N7O2/c1-30-17-8-9-18(29)16(14-17)15-22-26-19-23-20(27-10-4-2-5-11-27)25-21(24-19)28-12-6-3-7-13-28/h8-9,14-15,29H,2-7,10-13H2,1H3,(H,23,24,25,26). The van der Waals surface area contributed by atoms with Crippen LogP contribution in [0.25, 0.3) is 0 Å². The molecular formula is C21H29N7O2. The Hall–Kier alpha value is -3.10. The number of nitrogens with zero attached hydrogens (tertiary/aromatic N) is 6. The van der Waals surface area contributed by atoms with Gasteiger partial charge in [0.2, 0.25) is 17.8 Å². The van der Waals surface area contributed by atoms with Crippen LogP contribution in [0.4, 0.5) is 17.8 Å². The summed E-state index contributed by atoms with van der Waals surface area (Å²) in [5.74, 6) is 2.58. The third-order valence-corrected chi connectivity index (χ3v) is 5.49. The molecular weight excluding hydrogens is 382 g/mol. The number of aromatic nitrogens is 3. The van der Waals surface area contributed by atoms with Crippen LogP contribution >= 0.6 is 0 Å². The normalized spacial score (nSPS) is 17.4. The SMILES string of the molecule is COc1ccc(O)c(C=NNc2nc(N3CCCCC3)nc(N3CCCCC3)n2)c1. The zero-order chi connectivity index (χ0) is 20.8. The van der Waals surface area contributed by atoms with Crippen LogP contribution in [0.15, 0.2) is 23.3 Å². The molecule has 0 radical (unpaired) electrons. The minimum absolute atomic E-state index is 0.125. The van der Waals surface area contributed by atoms with Crippen LogP contribution in [0.3, 0.4) is 0 Å². The van der Waals surface area contributed by atoms with Gasteiger partial charge in [-0.05, 0) is 56.7 Å². The summed E-state index contributed by atoms with van der Waals surface area (Å²) in [5.41, 5.74) is 3.46. The van der Waals surface area contributed by atoms with E-state index in [1.54, 1.807) is 25.3 Å². The van der Waals surface area contributed by atoms with Crippen molar-refractivity contribution in [1.82, 2.24) is 15.0 Å². The highest BCUT2D eigenvalue weighted by atomic mass is 16.5. The molecule has 2 saturated heterocycles. The molecule has 0 amide bonds. The maximum atomic E-state index is 10.0. The molecule has 0 bridgehead atoms. The molecule has 9 heteroatoms. The molecule has 2 aliphatic rings. The number of rotatable bonds is 6. The second-order valence-electron chi connectivity index (χ2n) is 7.65. The summed E-state index contributed by atoms with van der Waals surface area (Å²) < 4.78 is 5.20. The molecule has 1 aromatic heterocycles. The predicted molar refractivity (Wildman–Crippen MR) is 118 cm³/mol. The van der Waals surface area contributed by atoms with E-state index in [4.69, 9.17) is 9.72 Å². The molecule has 160 valence electrons. The highest BCUT2D eigenvalue weighted by Gasteiger charge is 2.20. The van der Waals surface area contributed by atoms with Crippen molar-refractivity contribution in [2.75, 3.05) is 48.5 Å². The van der Waals surface area contributed by atoms with Crippen molar-refractivity contribution in [2.45, 2.75) is 38.5 Å². The number of hydrazone groups is 1. The van der Waals surface area contributed by atoms with Crippen molar-refractivity contribution in [2.24, 2.45) is 5.10 Å². The van der Waals surface area contributed by atoms with Crippen LogP contribution in [0, 0.1) is 0 Å². The van der Waals surface area contributed by atoms with Gasteiger partial charge in [0.25, 0.3) is 0 Å². The Balaban J connectivity index is 1.56. The van der Waals surface area contributed by atoms with Crippen molar-refractivity contribution < 1.29 is 9.84 Å². The van der Waals surface area contributed by atoms with E-state index in [9.17, 15) is 5.11 Å². The summed E-state index contributed by atoms with van der Waals surface area (Å²) in [4.78, 5) is 18.4. The highest BCUT2D eigenvalue weighted by Crippen LogP contribution is 2.23. The first-order valence-electron chi connectivity index (χ1n) is 10.6. The van der Waals surface area contributed by atoms with Crippen molar-refractivity contribution in [1.29, 1.82) is 0 Å². The van der Waals surface area contributed by atoms with Crippen molar-refractivity contribution in [3.63, 3.8) is 0 Å². The molecule has 0 unspecified atom stereocenters. The Labute approximate surface area is 176 Å². The van der Waals surface area contributed by atoms with Crippen molar-refractivity contribution in [3.8, 4) is 11.5 Å². The van der Waals surface area contributed by atoms with Gasteiger partial charge in [-0.15, -0.1) is 0 Å². The molecule has 3 heterocycles. The molecule has 2 N–H and O–H groups in total. The monoisotopic (exact) mass is 411 g/mol. The maximum absolute atomic E-state index is 10.0. The van der Waals surface area contributed by atoms with E-state index >= 15 is 0 Å². The molecule has 4 rings (SSSR count). The topological polar surface area (TPSA) is 99.0 Å². The van der Waals surface area contributed by atoms with Crippen LogP contribution in [-0.2, 0) is 0 Å². The molecule has 0 saturated carbocycles. The fraction of sp³-hybridized carbons (Fsp3) is 0.524. The molecule has 30 heavy (non-hydrogen) atoms. The highest BCUT2D eigenvalue weighted by molar-refractivity contribution is 5.84. The number of hydrogen-bond donors (Lipinski definition) is 2. The van der Waals surface area contributed by atoms with E-state index in [1.165, 1.54) is 19.1 Å². The van der Waals surface area contributed by atoms with Gasteiger partial charge in [0.1, 0.15) is 11.5 Å². The number of aromatic hydroxyl groups is 1. The van der Waals surface area contributed by atoms with E-state index < -0.39 is 0 Å². The van der Waals surface area contributed by atoms with Gasteiger partial charge < -0.3 is 19.6 Å². The number of nitrogens with one attached hydrogen (secondary N) is 1. The fourth-order valence-electron chi connectivity index (χ4n) is 3.80.